The van der Waals surface area contributed by atoms with Crippen LogP contribution in [0, 0.1) is 18.8 Å². The molecule has 1 saturated carbocycles. The van der Waals surface area contributed by atoms with Gasteiger partial charge in [0.2, 0.25) is 0 Å². The van der Waals surface area contributed by atoms with Gasteiger partial charge in [-0.25, -0.2) is 0 Å². The van der Waals surface area contributed by atoms with Crippen molar-refractivity contribution in [3.05, 3.63) is 59.4 Å². The van der Waals surface area contributed by atoms with Crippen molar-refractivity contribution in [1.82, 2.24) is 9.88 Å². The first-order chi connectivity index (χ1) is 14.6. The lowest BCUT2D eigenvalue weighted by atomic mass is 9.85. The minimum Gasteiger partial charge on any atom is -0.491 e. The molecule has 3 fully saturated rings. The molecule has 1 aliphatic carbocycles. The predicted octanol–water partition coefficient (Wildman–Crippen LogP) is 3.68. The molecule has 30 heavy (non-hydrogen) atoms. The van der Waals surface area contributed by atoms with Crippen LogP contribution in [0.5, 0.6) is 5.75 Å². The van der Waals surface area contributed by atoms with Gasteiger partial charge < -0.3 is 14.6 Å². The molecule has 1 aromatic heterocycles. The molecule has 3 aliphatic rings. The number of aryl methyl sites for hydroxylation is 1. The molecule has 0 bridgehead atoms. The van der Waals surface area contributed by atoms with Crippen LogP contribution in [0.2, 0.25) is 0 Å². The zero-order valence-electron chi connectivity index (χ0n) is 17.8. The van der Waals surface area contributed by atoms with Crippen molar-refractivity contribution in [3.63, 3.8) is 0 Å². The molecular weight excluding hydrogens is 376 g/mol. The monoisotopic (exact) mass is 408 g/mol. The maximum Gasteiger partial charge on any atom is 0.119 e. The van der Waals surface area contributed by atoms with E-state index in [-0.39, 0.29) is 12.0 Å². The minimum atomic E-state index is -0.792. The van der Waals surface area contributed by atoms with Gasteiger partial charge in [0.15, 0.2) is 0 Å². The lowest BCUT2D eigenvalue weighted by molar-refractivity contribution is -0.0108. The van der Waals surface area contributed by atoms with Crippen LogP contribution in [0.4, 0.5) is 0 Å². The molecule has 1 aromatic carbocycles. The number of hydrogen-bond acceptors (Lipinski definition) is 5. The van der Waals surface area contributed by atoms with Crippen LogP contribution >= 0.6 is 0 Å². The van der Waals surface area contributed by atoms with Gasteiger partial charge in [0.25, 0.3) is 0 Å². The van der Waals surface area contributed by atoms with Crippen molar-refractivity contribution in [2.75, 3.05) is 26.3 Å². The molecule has 3 heterocycles. The number of rotatable bonds is 6. The summed E-state index contributed by atoms with van der Waals surface area (Å²) >= 11 is 0. The number of benzene rings is 1. The van der Waals surface area contributed by atoms with E-state index in [1.807, 2.05) is 25.3 Å². The molecule has 2 saturated heterocycles. The smallest absolute Gasteiger partial charge is 0.119 e. The summed E-state index contributed by atoms with van der Waals surface area (Å²) < 4.78 is 11.6. The standard InChI is InChI=1S/C25H32N2O3/c1-18-7-8-24(26-13-18)25(28)10-9-20-15-27(16-23(20)25)14-19-4-2-5-21(12-19)30-17-22-6-3-11-29-22/h2,4-5,7-8,12-13,20,22-23,28H,3,6,9-11,14-17H2,1H3/t20-,22+,23+,25-/m1/s1. The van der Waals surface area contributed by atoms with Crippen molar-refractivity contribution < 1.29 is 14.6 Å². The van der Waals surface area contributed by atoms with E-state index < -0.39 is 5.60 Å². The van der Waals surface area contributed by atoms with Crippen LogP contribution in [-0.2, 0) is 16.9 Å². The fourth-order valence-electron chi connectivity index (χ4n) is 5.51. The van der Waals surface area contributed by atoms with Gasteiger partial charge in [-0.2, -0.15) is 0 Å². The van der Waals surface area contributed by atoms with E-state index in [2.05, 4.69) is 34.1 Å². The van der Waals surface area contributed by atoms with E-state index in [0.29, 0.717) is 12.5 Å². The fraction of sp³-hybridized carbons (Fsp3) is 0.560. The summed E-state index contributed by atoms with van der Waals surface area (Å²) in [6.07, 6.45) is 6.22. The molecule has 1 N–H and O–H groups in total. The summed E-state index contributed by atoms with van der Waals surface area (Å²) in [5.74, 6) is 1.71. The Balaban J connectivity index is 1.22. The fourth-order valence-corrected chi connectivity index (χ4v) is 5.51. The quantitative estimate of drug-likeness (QED) is 0.790. The Morgan fingerprint density at radius 2 is 2.17 bits per heavy atom. The molecule has 5 nitrogen and oxygen atoms in total. The number of nitrogens with zero attached hydrogens (tertiary/aromatic N) is 2. The van der Waals surface area contributed by atoms with E-state index >= 15 is 0 Å². The van der Waals surface area contributed by atoms with Crippen molar-refractivity contribution in [1.29, 1.82) is 0 Å². The summed E-state index contributed by atoms with van der Waals surface area (Å²) in [6.45, 7) is 6.37. The lowest BCUT2D eigenvalue weighted by Crippen LogP contribution is -2.35. The van der Waals surface area contributed by atoms with Gasteiger partial charge in [0.1, 0.15) is 18.0 Å². The van der Waals surface area contributed by atoms with Crippen molar-refractivity contribution >= 4 is 0 Å². The zero-order valence-corrected chi connectivity index (χ0v) is 17.8. The highest BCUT2D eigenvalue weighted by Crippen LogP contribution is 2.50. The number of fused-ring (bicyclic) bond motifs is 1. The maximum absolute atomic E-state index is 11.5. The first-order valence-electron chi connectivity index (χ1n) is 11.3. The van der Waals surface area contributed by atoms with Crippen LogP contribution in [-0.4, -0.2) is 47.4 Å². The summed E-state index contributed by atoms with van der Waals surface area (Å²) in [5.41, 5.74) is 2.44. The first kappa shape index (κ1) is 20.0. The largest absolute Gasteiger partial charge is 0.491 e. The van der Waals surface area contributed by atoms with Crippen LogP contribution in [0.3, 0.4) is 0 Å². The molecular formula is C25H32N2O3. The number of aromatic nitrogens is 1. The van der Waals surface area contributed by atoms with Gasteiger partial charge in [-0.15, -0.1) is 0 Å². The van der Waals surface area contributed by atoms with Gasteiger partial charge in [-0.3, -0.25) is 9.88 Å². The van der Waals surface area contributed by atoms with Gasteiger partial charge >= 0.3 is 0 Å². The molecule has 5 heteroatoms. The van der Waals surface area contributed by atoms with Crippen LogP contribution in [0.25, 0.3) is 0 Å². The predicted molar refractivity (Wildman–Crippen MR) is 115 cm³/mol. The van der Waals surface area contributed by atoms with Gasteiger partial charge in [-0.05, 0) is 67.9 Å². The van der Waals surface area contributed by atoms with Crippen molar-refractivity contribution in [3.8, 4) is 5.75 Å². The Morgan fingerprint density at radius 3 is 2.97 bits per heavy atom. The third kappa shape index (κ3) is 3.98. The molecule has 0 unspecified atom stereocenters. The Morgan fingerprint density at radius 1 is 1.23 bits per heavy atom. The molecule has 2 aliphatic heterocycles. The third-order valence-electron chi connectivity index (χ3n) is 7.15. The third-order valence-corrected chi connectivity index (χ3v) is 7.15. The van der Waals surface area contributed by atoms with E-state index in [1.165, 1.54) is 5.56 Å². The van der Waals surface area contributed by atoms with Crippen molar-refractivity contribution in [2.45, 2.75) is 50.9 Å². The van der Waals surface area contributed by atoms with E-state index in [1.54, 1.807) is 0 Å². The SMILES string of the molecule is Cc1ccc([C@@]2(O)CC[C@@H]3CN(Cc4cccc(OC[C@@H]5CCCO5)c4)C[C@@H]32)nc1. The minimum absolute atomic E-state index is 0.236. The molecule has 4 atom stereocenters. The molecule has 0 radical (unpaired) electrons. The maximum atomic E-state index is 11.5. The lowest BCUT2D eigenvalue weighted by Gasteiger charge is -2.30. The van der Waals surface area contributed by atoms with E-state index in [9.17, 15) is 5.11 Å². The Bertz CT molecular complexity index is 865. The number of aliphatic hydroxyl groups is 1. The van der Waals surface area contributed by atoms with Gasteiger partial charge in [0.05, 0.1) is 11.8 Å². The van der Waals surface area contributed by atoms with E-state index in [4.69, 9.17) is 9.47 Å². The highest BCUT2D eigenvalue weighted by atomic mass is 16.5. The highest BCUT2D eigenvalue weighted by Gasteiger charge is 2.53. The molecule has 2 aromatic rings. The van der Waals surface area contributed by atoms with Crippen molar-refractivity contribution in [2.24, 2.45) is 11.8 Å². The molecule has 5 rings (SSSR count). The zero-order chi connectivity index (χ0) is 20.6. The van der Waals surface area contributed by atoms with Crippen LogP contribution in [0.1, 0.15) is 42.5 Å². The summed E-state index contributed by atoms with van der Waals surface area (Å²) in [5, 5.41) is 11.5. The summed E-state index contributed by atoms with van der Waals surface area (Å²) in [6, 6.07) is 12.5. The molecule has 0 spiro atoms. The van der Waals surface area contributed by atoms with Crippen LogP contribution in [0.15, 0.2) is 42.6 Å². The second-order valence-electron chi connectivity index (χ2n) is 9.34. The van der Waals surface area contributed by atoms with Gasteiger partial charge in [-0.1, -0.05) is 18.2 Å². The van der Waals surface area contributed by atoms with Gasteiger partial charge in [0, 0.05) is 38.4 Å². The van der Waals surface area contributed by atoms with Crippen LogP contribution < -0.4 is 4.74 Å². The Kier molecular flexibility index (Phi) is 5.52. The average Bonchev–Trinajstić information content (AvgIpc) is 3.47. The summed E-state index contributed by atoms with van der Waals surface area (Å²) in [7, 11) is 0. The molecule has 0 amide bonds. The molecule has 160 valence electrons. The number of pyridine rings is 1. The second-order valence-corrected chi connectivity index (χ2v) is 9.34. The normalized spacial score (nSPS) is 31.2. The number of ether oxygens (including phenoxy) is 2. The van der Waals surface area contributed by atoms with E-state index in [0.717, 1.165) is 68.9 Å². The highest BCUT2D eigenvalue weighted by molar-refractivity contribution is 5.29. The number of hydrogen-bond donors (Lipinski definition) is 1. The number of likely N-dealkylation sites (tertiary alicyclic amines) is 1. The average molecular weight is 409 g/mol. The summed E-state index contributed by atoms with van der Waals surface area (Å²) in [4.78, 5) is 7.05. The topological polar surface area (TPSA) is 54.8 Å². The Hall–Kier alpha value is -1.95. The first-order valence-corrected chi connectivity index (χ1v) is 11.3. The Labute approximate surface area is 179 Å². The second kappa shape index (κ2) is 8.29.